The van der Waals surface area contributed by atoms with Crippen LogP contribution in [0.15, 0.2) is 33.6 Å². The number of esters is 1. The lowest BCUT2D eigenvalue weighted by Crippen LogP contribution is -2.42. The van der Waals surface area contributed by atoms with Crippen molar-refractivity contribution in [1.82, 2.24) is 5.32 Å². The first-order valence-electron chi connectivity index (χ1n) is 6.31. The minimum absolute atomic E-state index is 0.167. The summed E-state index contributed by atoms with van der Waals surface area (Å²) in [5.41, 5.74) is 0. The number of hydrogen-bond donors (Lipinski definition) is 1. The van der Waals surface area contributed by atoms with E-state index in [1.165, 1.54) is 18.9 Å². The third-order valence-corrected chi connectivity index (χ3v) is 4.80. The predicted molar refractivity (Wildman–Crippen MR) is 91.8 cm³/mol. The standard InChI is InChI=1S/C14H18BrNO3S2/c1-19-14(18)12(7-8-20-2)16-13(17)9-21-11-5-3-10(15)4-6-11/h3-6,12H,7-9H2,1-2H3,(H,16,17)/t12-/m0/s1. The van der Waals surface area contributed by atoms with Crippen molar-refractivity contribution in [3.8, 4) is 0 Å². The van der Waals surface area contributed by atoms with Crippen molar-refractivity contribution in [3.63, 3.8) is 0 Å². The first-order chi connectivity index (χ1) is 10.1. The Balaban J connectivity index is 2.45. The number of nitrogens with one attached hydrogen (secondary N) is 1. The second-order valence-electron chi connectivity index (χ2n) is 4.17. The highest BCUT2D eigenvalue weighted by Gasteiger charge is 2.20. The molecule has 0 radical (unpaired) electrons. The number of carbonyl (C=O) groups is 2. The fraction of sp³-hybridized carbons (Fsp3) is 0.429. The molecular formula is C14H18BrNO3S2. The molecule has 0 heterocycles. The number of carbonyl (C=O) groups excluding carboxylic acids is 2. The molecule has 1 rings (SSSR count). The van der Waals surface area contributed by atoms with Crippen molar-refractivity contribution in [1.29, 1.82) is 0 Å². The van der Waals surface area contributed by atoms with E-state index in [4.69, 9.17) is 4.74 Å². The van der Waals surface area contributed by atoms with Crippen molar-refractivity contribution in [2.45, 2.75) is 17.4 Å². The van der Waals surface area contributed by atoms with E-state index in [0.29, 0.717) is 6.42 Å². The van der Waals surface area contributed by atoms with Crippen LogP contribution in [0.4, 0.5) is 0 Å². The van der Waals surface area contributed by atoms with Crippen molar-refractivity contribution < 1.29 is 14.3 Å². The highest BCUT2D eigenvalue weighted by molar-refractivity contribution is 9.10. The van der Waals surface area contributed by atoms with Crippen LogP contribution in [0.25, 0.3) is 0 Å². The number of methoxy groups -OCH3 is 1. The number of halogens is 1. The van der Waals surface area contributed by atoms with Gasteiger partial charge in [0.1, 0.15) is 6.04 Å². The largest absolute Gasteiger partial charge is 0.467 e. The van der Waals surface area contributed by atoms with Gasteiger partial charge in [0, 0.05) is 9.37 Å². The Hall–Kier alpha value is -0.660. The summed E-state index contributed by atoms with van der Waals surface area (Å²) in [6.07, 6.45) is 2.53. The first-order valence-corrected chi connectivity index (χ1v) is 9.48. The van der Waals surface area contributed by atoms with Crippen LogP contribution in [0.1, 0.15) is 6.42 Å². The number of benzene rings is 1. The molecule has 116 valence electrons. The van der Waals surface area contributed by atoms with Crippen molar-refractivity contribution in [2.24, 2.45) is 0 Å². The van der Waals surface area contributed by atoms with Crippen LogP contribution in [0, 0.1) is 0 Å². The molecule has 1 atom stereocenters. The van der Waals surface area contributed by atoms with Gasteiger partial charge < -0.3 is 10.1 Å². The van der Waals surface area contributed by atoms with Gasteiger partial charge in [-0.15, -0.1) is 11.8 Å². The number of thioether (sulfide) groups is 2. The zero-order valence-electron chi connectivity index (χ0n) is 11.9. The molecule has 21 heavy (non-hydrogen) atoms. The number of ether oxygens (including phenoxy) is 1. The first kappa shape index (κ1) is 18.4. The number of rotatable bonds is 8. The Kier molecular flexibility index (Phi) is 8.87. The predicted octanol–water partition coefficient (Wildman–Crippen LogP) is 2.95. The van der Waals surface area contributed by atoms with Gasteiger partial charge in [-0.3, -0.25) is 4.79 Å². The van der Waals surface area contributed by atoms with E-state index in [1.54, 1.807) is 11.8 Å². The molecule has 0 aliphatic carbocycles. The lowest BCUT2D eigenvalue weighted by atomic mass is 10.2. The lowest BCUT2D eigenvalue weighted by Gasteiger charge is -2.15. The van der Waals surface area contributed by atoms with Gasteiger partial charge in [-0.2, -0.15) is 11.8 Å². The van der Waals surface area contributed by atoms with Gasteiger partial charge in [0.2, 0.25) is 5.91 Å². The minimum Gasteiger partial charge on any atom is -0.467 e. The molecule has 4 nitrogen and oxygen atoms in total. The van der Waals surface area contributed by atoms with E-state index in [2.05, 4.69) is 21.2 Å². The molecule has 1 aromatic carbocycles. The molecular weight excluding hydrogens is 374 g/mol. The van der Waals surface area contributed by atoms with E-state index in [1.807, 2.05) is 30.5 Å². The van der Waals surface area contributed by atoms with Gasteiger partial charge in [0.25, 0.3) is 0 Å². The number of hydrogen-bond acceptors (Lipinski definition) is 5. The fourth-order valence-corrected chi connectivity index (χ4v) is 2.99. The zero-order chi connectivity index (χ0) is 15.7. The molecule has 0 saturated heterocycles. The maximum atomic E-state index is 11.9. The fourth-order valence-electron chi connectivity index (χ4n) is 1.54. The monoisotopic (exact) mass is 391 g/mol. The second-order valence-corrected chi connectivity index (χ2v) is 7.12. The van der Waals surface area contributed by atoms with E-state index in [-0.39, 0.29) is 11.7 Å². The molecule has 0 unspecified atom stereocenters. The molecule has 0 saturated carbocycles. The van der Waals surface area contributed by atoms with Crippen LogP contribution in [0.3, 0.4) is 0 Å². The van der Waals surface area contributed by atoms with Gasteiger partial charge in [0.05, 0.1) is 12.9 Å². The summed E-state index contributed by atoms with van der Waals surface area (Å²) in [7, 11) is 1.33. The lowest BCUT2D eigenvalue weighted by molar-refractivity contribution is -0.144. The maximum Gasteiger partial charge on any atom is 0.328 e. The molecule has 1 amide bonds. The minimum atomic E-state index is -0.569. The van der Waals surface area contributed by atoms with E-state index >= 15 is 0 Å². The van der Waals surface area contributed by atoms with Crippen molar-refractivity contribution >= 4 is 51.3 Å². The molecule has 0 fully saturated rings. The van der Waals surface area contributed by atoms with Gasteiger partial charge in [0.15, 0.2) is 0 Å². The van der Waals surface area contributed by atoms with E-state index in [9.17, 15) is 9.59 Å². The molecule has 0 aromatic heterocycles. The summed E-state index contributed by atoms with van der Waals surface area (Å²) in [5.74, 6) is 0.499. The highest BCUT2D eigenvalue weighted by atomic mass is 79.9. The smallest absolute Gasteiger partial charge is 0.328 e. The molecule has 0 spiro atoms. The SMILES string of the molecule is COC(=O)[C@H](CCSC)NC(=O)CSc1ccc(Br)cc1. The van der Waals surface area contributed by atoms with Gasteiger partial charge in [-0.05, 0) is 42.7 Å². The van der Waals surface area contributed by atoms with Gasteiger partial charge >= 0.3 is 5.97 Å². The normalized spacial score (nSPS) is 11.8. The average molecular weight is 392 g/mol. The molecule has 0 aliphatic heterocycles. The number of amides is 1. The van der Waals surface area contributed by atoms with Crippen LogP contribution in [-0.4, -0.2) is 42.8 Å². The Morgan fingerprint density at radius 2 is 2.00 bits per heavy atom. The van der Waals surface area contributed by atoms with Crippen LogP contribution < -0.4 is 5.32 Å². The third kappa shape index (κ3) is 7.24. The maximum absolute atomic E-state index is 11.9. The van der Waals surface area contributed by atoms with Crippen molar-refractivity contribution in [2.75, 3.05) is 24.9 Å². The zero-order valence-corrected chi connectivity index (χ0v) is 15.1. The van der Waals surface area contributed by atoms with Gasteiger partial charge in [-0.25, -0.2) is 4.79 Å². The summed E-state index contributed by atoms with van der Waals surface area (Å²) in [5, 5.41) is 2.73. The van der Waals surface area contributed by atoms with Crippen LogP contribution in [-0.2, 0) is 14.3 Å². The second kappa shape index (κ2) is 10.1. The molecule has 1 aromatic rings. The Morgan fingerprint density at radius 3 is 2.57 bits per heavy atom. The molecule has 1 N–H and O–H groups in total. The Morgan fingerprint density at radius 1 is 1.33 bits per heavy atom. The highest BCUT2D eigenvalue weighted by Crippen LogP contribution is 2.20. The Bertz CT molecular complexity index is 468. The van der Waals surface area contributed by atoms with Crippen LogP contribution >= 0.6 is 39.5 Å². The van der Waals surface area contributed by atoms with Crippen LogP contribution in [0.5, 0.6) is 0 Å². The van der Waals surface area contributed by atoms with Gasteiger partial charge in [-0.1, -0.05) is 15.9 Å². The Labute approximate surface area is 141 Å². The van der Waals surface area contributed by atoms with E-state index < -0.39 is 12.0 Å². The molecule has 7 heteroatoms. The summed E-state index contributed by atoms with van der Waals surface area (Å²) in [6, 6.07) is 7.16. The topological polar surface area (TPSA) is 55.4 Å². The third-order valence-electron chi connectivity index (χ3n) is 2.62. The molecule has 0 aliphatic rings. The summed E-state index contributed by atoms with van der Waals surface area (Å²) in [6.45, 7) is 0. The summed E-state index contributed by atoms with van der Waals surface area (Å²) in [4.78, 5) is 24.5. The molecule has 0 bridgehead atoms. The van der Waals surface area contributed by atoms with Crippen LogP contribution in [0.2, 0.25) is 0 Å². The summed E-state index contributed by atoms with van der Waals surface area (Å²) < 4.78 is 5.71. The van der Waals surface area contributed by atoms with E-state index in [0.717, 1.165) is 15.1 Å². The average Bonchev–Trinajstić information content (AvgIpc) is 2.50. The quantitative estimate of drug-likeness (QED) is 0.545. The van der Waals surface area contributed by atoms with Crippen molar-refractivity contribution in [3.05, 3.63) is 28.7 Å². The summed E-state index contributed by atoms with van der Waals surface area (Å²) >= 11 is 6.42.